The summed E-state index contributed by atoms with van der Waals surface area (Å²) in [6, 6.07) is 0.0282. The highest BCUT2D eigenvalue weighted by atomic mass is 32.1. The number of thiazole rings is 1. The Morgan fingerprint density at radius 3 is 2.59 bits per heavy atom. The molecule has 17 heavy (non-hydrogen) atoms. The van der Waals surface area contributed by atoms with E-state index >= 15 is 0 Å². The SMILES string of the molecule is CCN(CCCN(C)C)c1nc(C(C)N)cs1. The molecule has 0 saturated carbocycles. The van der Waals surface area contributed by atoms with Crippen LogP contribution in [0.15, 0.2) is 5.38 Å². The van der Waals surface area contributed by atoms with Gasteiger partial charge < -0.3 is 15.5 Å². The van der Waals surface area contributed by atoms with Crippen LogP contribution in [0.25, 0.3) is 0 Å². The van der Waals surface area contributed by atoms with Gasteiger partial charge in [0.05, 0.1) is 5.69 Å². The van der Waals surface area contributed by atoms with Crippen molar-refractivity contribution in [2.24, 2.45) is 5.73 Å². The van der Waals surface area contributed by atoms with Crippen LogP contribution in [0.4, 0.5) is 5.13 Å². The minimum Gasteiger partial charge on any atom is -0.348 e. The Labute approximate surface area is 108 Å². The lowest BCUT2D eigenvalue weighted by Gasteiger charge is -2.20. The van der Waals surface area contributed by atoms with Gasteiger partial charge in [-0.25, -0.2) is 4.98 Å². The van der Waals surface area contributed by atoms with Crippen molar-refractivity contribution < 1.29 is 0 Å². The molecule has 0 bridgehead atoms. The van der Waals surface area contributed by atoms with E-state index in [1.54, 1.807) is 11.3 Å². The van der Waals surface area contributed by atoms with Gasteiger partial charge in [0.2, 0.25) is 0 Å². The molecule has 1 rings (SSSR count). The second kappa shape index (κ2) is 6.93. The van der Waals surface area contributed by atoms with Crippen molar-refractivity contribution in [2.45, 2.75) is 26.3 Å². The van der Waals surface area contributed by atoms with Crippen molar-refractivity contribution in [1.82, 2.24) is 9.88 Å². The number of hydrogen-bond donors (Lipinski definition) is 1. The Balaban J connectivity index is 2.53. The average Bonchev–Trinajstić information content (AvgIpc) is 2.73. The largest absolute Gasteiger partial charge is 0.348 e. The zero-order valence-corrected chi connectivity index (χ0v) is 12.1. The molecule has 0 fully saturated rings. The van der Waals surface area contributed by atoms with Crippen LogP contribution >= 0.6 is 11.3 Å². The fourth-order valence-electron chi connectivity index (χ4n) is 1.60. The highest BCUT2D eigenvalue weighted by molar-refractivity contribution is 7.13. The van der Waals surface area contributed by atoms with Gasteiger partial charge in [0.1, 0.15) is 0 Å². The Morgan fingerprint density at radius 2 is 2.12 bits per heavy atom. The summed E-state index contributed by atoms with van der Waals surface area (Å²) in [6.07, 6.45) is 1.16. The van der Waals surface area contributed by atoms with Gasteiger partial charge in [0, 0.05) is 24.5 Å². The van der Waals surface area contributed by atoms with Gasteiger partial charge in [-0.3, -0.25) is 0 Å². The molecule has 0 aliphatic carbocycles. The average molecular weight is 256 g/mol. The van der Waals surface area contributed by atoms with Gasteiger partial charge in [-0.05, 0) is 40.9 Å². The summed E-state index contributed by atoms with van der Waals surface area (Å²) >= 11 is 1.69. The second-order valence-electron chi connectivity index (χ2n) is 4.58. The predicted octanol–water partition coefficient (Wildman–Crippen LogP) is 1.94. The van der Waals surface area contributed by atoms with Crippen molar-refractivity contribution >= 4 is 16.5 Å². The highest BCUT2D eigenvalue weighted by Gasteiger charge is 2.11. The molecule has 0 saturated heterocycles. The maximum absolute atomic E-state index is 5.83. The number of aromatic nitrogens is 1. The van der Waals surface area contributed by atoms with E-state index in [2.05, 4.69) is 41.2 Å². The van der Waals surface area contributed by atoms with Crippen LogP contribution in [0.5, 0.6) is 0 Å². The number of nitrogens with zero attached hydrogens (tertiary/aromatic N) is 3. The molecule has 4 nitrogen and oxygen atoms in total. The Kier molecular flexibility index (Phi) is 5.88. The first-order chi connectivity index (χ1) is 8.04. The monoisotopic (exact) mass is 256 g/mol. The quantitative estimate of drug-likeness (QED) is 0.810. The third kappa shape index (κ3) is 4.61. The lowest BCUT2D eigenvalue weighted by molar-refractivity contribution is 0.400. The Bertz CT molecular complexity index is 322. The number of nitrogens with two attached hydrogens (primary N) is 1. The highest BCUT2D eigenvalue weighted by Crippen LogP contribution is 2.23. The molecule has 98 valence electrons. The van der Waals surface area contributed by atoms with Gasteiger partial charge in [-0.15, -0.1) is 11.3 Å². The number of rotatable bonds is 7. The van der Waals surface area contributed by atoms with Crippen LogP contribution in [0.3, 0.4) is 0 Å². The van der Waals surface area contributed by atoms with Gasteiger partial charge in [-0.1, -0.05) is 0 Å². The van der Waals surface area contributed by atoms with Crippen LogP contribution in [0, 0.1) is 0 Å². The second-order valence-corrected chi connectivity index (χ2v) is 5.42. The first kappa shape index (κ1) is 14.4. The fraction of sp³-hybridized carbons (Fsp3) is 0.750. The van der Waals surface area contributed by atoms with E-state index in [0.717, 1.165) is 36.9 Å². The summed E-state index contributed by atoms with van der Waals surface area (Å²) in [5.41, 5.74) is 6.82. The van der Waals surface area contributed by atoms with E-state index in [1.807, 2.05) is 6.92 Å². The normalized spacial score (nSPS) is 13.1. The molecule has 0 radical (unpaired) electrons. The van der Waals surface area contributed by atoms with E-state index < -0.39 is 0 Å². The first-order valence-electron chi connectivity index (χ1n) is 6.15. The zero-order valence-electron chi connectivity index (χ0n) is 11.3. The van der Waals surface area contributed by atoms with Crippen LogP contribution in [0.1, 0.15) is 32.0 Å². The summed E-state index contributed by atoms with van der Waals surface area (Å²) in [5.74, 6) is 0. The molecule has 0 aromatic carbocycles. The topological polar surface area (TPSA) is 45.4 Å². The van der Waals surface area contributed by atoms with Crippen LogP contribution in [-0.2, 0) is 0 Å². The van der Waals surface area contributed by atoms with E-state index in [4.69, 9.17) is 5.73 Å². The Hall–Kier alpha value is -0.650. The van der Waals surface area contributed by atoms with Crippen molar-refractivity contribution in [3.05, 3.63) is 11.1 Å². The number of anilines is 1. The predicted molar refractivity (Wildman–Crippen MR) is 75.8 cm³/mol. The summed E-state index contributed by atoms with van der Waals surface area (Å²) in [4.78, 5) is 9.12. The molecule has 1 aromatic heterocycles. The molecule has 0 aliphatic heterocycles. The summed E-state index contributed by atoms with van der Waals surface area (Å²) in [6.45, 7) is 7.31. The summed E-state index contributed by atoms with van der Waals surface area (Å²) in [7, 11) is 4.21. The number of hydrogen-bond acceptors (Lipinski definition) is 5. The lowest BCUT2D eigenvalue weighted by Crippen LogP contribution is -2.27. The minimum atomic E-state index is 0.0282. The van der Waals surface area contributed by atoms with E-state index in [9.17, 15) is 0 Å². The molecule has 0 spiro atoms. The molecular formula is C12H24N4S. The third-order valence-corrected chi connectivity index (χ3v) is 3.58. The summed E-state index contributed by atoms with van der Waals surface area (Å²) in [5, 5.41) is 3.16. The fourth-order valence-corrected chi connectivity index (χ4v) is 2.62. The molecule has 0 aliphatic rings. The summed E-state index contributed by atoms with van der Waals surface area (Å²) < 4.78 is 0. The molecule has 0 amide bonds. The van der Waals surface area contributed by atoms with E-state index in [0.29, 0.717) is 0 Å². The van der Waals surface area contributed by atoms with Crippen LogP contribution in [-0.4, -0.2) is 43.6 Å². The maximum atomic E-state index is 5.83. The van der Waals surface area contributed by atoms with Crippen molar-refractivity contribution in [2.75, 3.05) is 38.6 Å². The molecular weight excluding hydrogens is 232 g/mol. The molecule has 1 heterocycles. The van der Waals surface area contributed by atoms with Gasteiger partial charge >= 0.3 is 0 Å². The molecule has 1 atom stereocenters. The molecule has 1 aromatic rings. The van der Waals surface area contributed by atoms with Crippen molar-refractivity contribution in [3.8, 4) is 0 Å². The smallest absolute Gasteiger partial charge is 0.185 e. The van der Waals surface area contributed by atoms with Crippen LogP contribution in [0.2, 0.25) is 0 Å². The Morgan fingerprint density at radius 1 is 1.41 bits per heavy atom. The minimum absolute atomic E-state index is 0.0282. The molecule has 5 heteroatoms. The standard InChI is InChI=1S/C12H24N4S/c1-5-16(8-6-7-15(3)4)12-14-11(9-17-12)10(2)13/h9-10H,5-8,13H2,1-4H3. The van der Waals surface area contributed by atoms with E-state index in [1.165, 1.54) is 0 Å². The van der Waals surface area contributed by atoms with E-state index in [-0.39, 0.29) is 6.04 Å². The first-order valence-corrected chi connectivity index (χ1v) is 7.03. The zero-order chi connectivity index (χ0) is 12.8. The van der Waals surface area contributed by atoms with Crippen molar-refractivity contribution in [1.29, 1.82) is 0 Å². The van der Waals surface area contributed by atoms with Crippen LogP contribution < -0.4 is 10.6 Å². The van der Waals surface area contributed by atoms with Crippen molar-refractivity contribution in [3.63, 3.8) is 0 Å². The maximum Gasteiger partial charge on any atom is 0.185 e. The van der Waals surface area contributed by atoms with Gasteiger partial charge in [0.15, 0.2) is 5.13 Å². The van der Waals surface area contributed by atoms with Gasteiger partial charge in [-0.2, -0.15) is 0 Å². The van der Waals surface area contributed by atoms with Gasteiger partial charge in [0.25, 0.3) is 0 Å². The molecule has 1 unspecified atom stereocenters. The third-order valence-electron chi connectivity index (χ3n) is 2.66. The molecule has 2 N–H and O–H groups in total. The lowest BCUT2D eigenvalue weighted by atomic mass is 10.3.